The Morgan fingerprint density at radius 3 is 1.42 bits per heavy atom. The van der Waals surface area contributed by atoms with Gasteiger partial charge in [-0.15, -0.1) is 0 Å². The molecule has 31 heavy (non-hydrogen) atoms. The number of thiol groups is 1. The van der Waals surface area contributed by atoms with Crippen molar-refractivity contribution < 1.29 is 14.2 Å². The Kier molecular flexibility index (Phi) is 7.97. The molecule has 0 N–H and O–H groups in total. The number of benzene rings is 3. The maximum absolute atomic E-state index is 6.39. The molecule has 0 aliphatic heterocycles. The van der Waals surface area contributed by atoms with E-state index in [0.717, 1.165) is 16.7 Å². The smallest absolute Gasteiger partial charge is 0.115 e. The van der Waals surface area contributed by atoms with Crippen LogP contribution in [0, 0.1) is 0 Å². The zero-order valence-electron chi connectivity index (χ0n) is 17.4. The van der Waals surface area contributed by atoms with Crippen LogP contribution in [0.4, 0.5) is 0 Å². The van der Waals surface area contributed by atoms with Crippen molar-refractivity contribution in [1.29, 1.82) is 0 Å². The third-order valence-electron chi connectivity index (χ3n) is 5.34. The quantitative estimate of drug-likeness (QED) is 0.352. The molecule has 3 nitrogen and oxygen atoms in total. The van der Waals surface area contributed by atoms with E-state index in [1.54, 1.807) is 0 Å². The molecule has 0 amide bonds. The van der Waals surface area contributed by atoms with Crippen molar-refractivity contribution >= 4 is 12.6 Å². The topological polar surface area (TPSA) is 27.7 Å². The molecule has 0 aromatic heterocycles. The van der Waals surface area contributed by atoms with Crippen molar-refractivity contribution in [3.63, 3.8) is 0 Å². The first-order valence-electron chi connectivity index (χ1n) is 10.6. The summed E-state index contributed by atoms with van der Waals surface area (Å²) in [5.74, 6) is 0. The molecule has 4 rings (SSSR count). The molecule has 0 bridgehead atoms. The third-order valence-corrected chi connectivity index (χ3v) is 5.80. The van der Waals surface area contributed by atoms with Gasteiger partial charge in [0.15, 0.2) is 0 Å². The fourth-order valence-corrected chi connectivity index (χ4v) is 4.01. The number of hydrogen-bond acceptors (Lipinski definition) is 4. The predicted molar refractivity (Wildman–Crippen MR) is 127 cm³/mol. The highest BCUT2D eigenvalue weighted by Crippen LogP contribution is 2.28. The molecule has 0 saturated heterocycles. The fraction of sp³-hybridized carbons (Fsp3) is 0.259. The second-order valence-electron chi connectivity index (χ2n) is 7.66. The zero-order valence-corrected chi connectivity index (χ0v) is 18.3. The summed E-state index contributed by atoms with van der Waals surface area (Å²) >= 11 is 4.77. The Balaban J connectivity index is 1.48. The molecule has 0 heterocycles. The van der Waals surface area contributed by atoms with Gasteiger partial charge in [0, 0.05) is 5.25 Å². The molecule has 4 atom stereocenters. The van der Waals surface area contributed by atoms with Gasteiger partial charge in [-0.25, -0.2) is 0 Å². The van der Waals surface area contributed by atoms with Gasteiger partial charge in [0.25, 0.3) is 0 Å². The molecule has 0 saturated carbocycles. The summed E-state index contributed by atoms with van der Waals surface area (Å²) in [5, 5.41) is -0.0685. The van der Waals surface area contributed by atoms with Crippen LogP contribution in [0.2, 0.25) is 0 Å². The number of ether oxygens (including phenoxy) is 3. The summed E-state index contributed by atoms with van der Waals surface area (Å²) in [6.45, 7) is 1.52. The van der Waals surface area contributed by atoms with E-state index < -0.39 is 0 Å². The van der Waals surface area contributed by atoms with E-state index in [1.807, 2.05) is 54.6 Å². The van der Waals surface area contributed by atoms with Gasteiger partial charge < -0.3 is 14.2 Å². The summed E-state index contributed by atoms with van der Waals surface area (Å²) in [7, 11) is 0. The van der Waals surface area contributed by atoms with E-state index in [9.17, 15) is 0 Å². The molecule has 1 aliphatic carbocycles. The van der Waals surface area contributed by atoms with E-state index in [2.05, 4.69) is 48.6 Å². The average Bonchev–Trinajstić information content (AvgIpc) is 2.83. The summed E-state index contributed by atoms with van der Waals surface area (Å²) in [6.07, 6.45) is 3.40. The highest BCUT2D eigenvalue weighted by molar-refractivity contribution is 7.81. The van der Waals surface area contributed by atoms with Crippen LogP contribution in [0.3, 0.4) is 0 Å². The van der Waals surface area contributed by atoms with Gasteiger partial charge >= 0.3 is 0 Å². The van der Waals surface area contributed by atoms with Crippen molar-refractivity contribution in [3.8, 4) is 0 Å². The first kappa shape index (κ1) is 21.8. The molecule has 160 valence electrons. The fourth-order valence-electron chi connectivity index (χ4n) is 3.66. The van der Waals surface area contributed by atoms with E-state index in [1.165, 1.54) is 0 Å². The van der Waals surface area contributed by atoms with E-state index in [4.69, 9.17) is 26.8 Å². The molecular formula is C27H28O3S. The van der Waals surface area contributed by atoms with Gasteiger partial charge in [0.05, 0.1) is 19.8 Å². The highest BCUT2D eigenvalue weighted by atomic mass is 32.1. The van der Waals surface area contributed by atoms with Crippen LogP contribution in [0.15, 0.2) is 103 Å². The predicted octanol–water partition coefficient (Wildman–Crippen LogP) is 5.61. The van der Waals surface area contributed by atoms with E-state index in [-0.39, 0.29) is 23.6 Å². The second-order valence-corrected chi connectivity index (χ2v) is 8.26. The van der Waals surface area contributed by atoms with Crippen molar-refractivity contribution in [2.75, 3.05) is 0 Å². The normalized spacial score (nSPS) is 23.0. The van der Waals surface area contributed by atoms with Crippen molar-refractivity contribution in [2.24, 2.45) is 0 Å². The minimum atomic E-state index is -0.264. The minimum absolute atomic E-state index is 0.0685. The number of hydrogen-bond donors (Lipinski definition) is 1. The largest absolute Gasteiger partial charge is 0.369 e. The van der Waals surface area contributed by atoms with Crippen LogP contribution >= 0.6 is 12.6 Å². The van der Waals surface area contributed by atoms with Gasteiger partial charge in [0.2, 0.25) is 0 Å². The highest BCUT2D eigenvalue weighted by Gasteiger charge is 2.37. The monoisotopic (exact) mass is 432 g/mol. The van der Waals surface area contributed by atoms with Crippen LogP contribution in [0.1, 0.15) is 16.7 Å². The average molecular weight is 433 g/mol. The SMILES string of the molecule is S[C@@H]1C=C[C@@H](OCc2ccccc2)[C@H](OCc2ccccc2)[C@H]1OCc1ccccc1. The number of rotatable bonds is 9. The molecular weight excluding hydrogens is 404 g/mol. The molecule has 0 radical (unpaired) electrons. The van der Waals surface area contributed by atoms with E-state index in [0.29, 0.717) is 19.8 Å². The van der Waals surface area contributed by atoms with Crippen LogP contribution < -0.4 is 0 Å². The molecule has 0 spiro atoms. The van der Waals surface area contributed by atoms with Crippen LogP contribution in [-0.4, -0.2) is 23.6 Å². The minimum Gasteiger partial charge on any atom is -0.369 e. The Hall–Kier alpha value is -2.37. The lowest BCUT2D eigenvalue weighted by atomic mass is 9.97. The van der Waals surface area contributed by atoms with E-state index >= 15 is 0 Å². The van der Waals surface area contributed by atoms with Gasteiger partial charge in [-0.3, -0.25) is 0 Å². The Bertz CT molecular complexity index is 930. The maximum atomic E-state index is 6.39. The summed E-state index contributed by atoms with van der Waals surface area (Å²) in [5.41, 5.74) is 3.38. The standard InChI is InChI=1S/C27H28O3S/c31-25-17-16-24(28-18-21-10-4-1-5-11-21)26(29-19-22-12-6-2-7-13-22)27(25)30-20-23-14-8-3-9-15-23/h1-17,24-27,31H,18-20H2/t24-,25-,26+,27+/m1/s1. The lowest BCUT2D eigenvalue weighted by Gasteiger charge is -2.37. The first-order valence-corrected chi connectivity index (χ1v) is 11.1. The second kappa shape index (κ2) is 11.3. The Labute approximate surface area is 190 Å². The van der Waals surface area contributed by atoms with Crippen LogP contribution in [0.5, 0.6) is 0 Å². The first-order chi connectivity index (χ1) is 15.3. The van der Waals surface area contributed by atoms with Crippen molar-refractivity contribution in [3.05, 3.63) is 120 Å². The Morgan fingerprint density at radius 2 is 0.935 bits per heavy atom. The molecule has 3 aromatic carbocycles. The zero-order chi connectivity index (χ0) is 21.3. The summed E-state index contributed by atoms with van der Waals surface area (Å²) in [6, 6.07) is 30.5. The Morgan fingerprint density at radius 1 is 0.516 bits per heavy atom. The van der Waals surface area contributed by atoms with Crippen molar-refractivity contribution in [1.82, 2.24) is 0 Å². The summed E-state index contributed by atoms with van der Waals surface area (Å²) < 4.78 is 19.0. The van der Waals surface area contributed by atoms with Crippen LogP contribution in [0.25, 0.3) is 0 Å². The molecule has 1 aliphatic rings. The van der Waals surface area contributed by atoms with Gasteiger partial charge in [-0.1, -0.05) is 103 Å². The third kappa shape index (κ3) is 6.31. The molecule has 0 fully saturated rings. The van der Waals surface area contributed by atoms with Crippen molar-refractivity contribution in [2.45, 2.75) is 43.4 Å². The lowest BCUT2D eigenvalue weighted by Crippen LogP contribution is -2.48. The molecule has 3 aromatic rings. The van der Waals surface area contributed by atoms with Gasteiger partial charge in [-0.05, 0) is 16.7 Å². The summed E-state index contributed by atoms with van der Waals surface area (Å²) in [4.78, 5) is 0. The lowest BCUT2D eigenvalue weighted by molar-refractivity contribution is -0.139. The molecule has 4 heteroatoms. The van der Waals surface area contributed by atoms with Crippen LogP contribution in [-0.2, 0) is 34.0 Å². The maximum Gasteiger partial charge on any atom is 0.115 e. The van der Waals surface area contributed by atoms with Gasteiger partial charge in [-0.2, -0.15) is 12.6 Å². The van der Waals surface area contributed by atoms with Gasteiger partial charge in [0.1, 0.15) is 18.3 Å². The molecule has 0 unspecified atom stereocenters.